The second-order valence-corrected chi connectivity index (χ2v) is 4.70. The van der Waals surface area contributed by atoms with Gasteiger partial charge in [-0.05, 0) is 17.5 Å². The van der Waals surface area contributed by atoms with Crippen LogP contribution in [-0.2, 0) is 11.2 Å². The van der Waals surface area contributed by atoms with E-state index in [1.54, 1.807) is 0 Å². The van der Waals surface area contributed by atoms with Gasteiger partial charge in [0.05, 0.1) is 0 Å². The van der Waals surface area contributed by atoms with Gasteiger partial charge in [-0.3, -0.25) is 4.79 Å². The van der Waals surface area contributed by atoms with Crippen molar-refractivity contribution in [3.8, 4) is 0 Å². The standard InChI is InChI=1S/C13H18N2O/c1-9(2)8-14-13(16)12-7-10-5-3-4-6-11(10)15-12/h3-6,9,12,15H,7-8H2,1-2H3,(H,14,16). The van der Waals surface area contributed by atoms with Gasteiger partial charge in [-0.2, -0.15) is 0 Å². The summed E-state index contributed by atoms with van der Waals surface area (Å²) in [6.45, 7) is 4.93. The Morgan fingerprint density at radius 3 is 2.94 bits per heavy atom. The fourth-order valence-electron chi connectivity index (χ4n) is 1.88. The Balaban J connectivity index is 1.93. The lowest BCUT2D eigenvalue weighted by molar-refractivity contribution is -0.121. The number of anilines is 1. The summed E-state index contributed by atoms with van der Waals surface area (Å²) in [7, 11) is 0. The van der Waals surface area contributed by atoms with E-state index in [1.807, 2.05) is 18.2 Å². The third-order valence-electron chi connectivity index (χ3n) is 2.77. The minimum Gasteiger partial charge on any atom is -0.373 e. The van der Waals surface area contributed by atoms with Crippen molar-refractivity contribution in [1.82, 2.24) is 5.32 Å². The maximum atomic E-state index is 11.8. The third kappa shape index (κ3) is 2.35. The first-order valence-corrected chi connectivity index (χ1v) is 5.79. The average Bonchev–Trinajstić information content (AvgIpc) is 2.69. The summed E-state index contributed by atoms with van der Waals surface area (Å²) in [6, 6.07) is 7.98. The van der Waals surface area contributed by atoms with Crippen molar-refractivity contribution in [1.29, 1.82) is 0 Å². The lowest BCUT2D eigenvalue weighted by Crippen LogP contribution is -2.39. The molecule has 2 N–H and O–H groups in total. The molecule has 0 aliphatic carbocycles. The molecule has 0 saturated heterocycles. The summed E-state index contributed by atoms with van der Waals surface area (Å²) in [5.74, 6) is 0.595. The predicted octanol–water partition coefficient (Wildman–Crippen LogP) is 1.80. The van der Waals surface area contributed by atoms with Gasteiger partial charge in [-0.1, -0.05) is 32.0 Å². The highest BCUT2D eigenvalue weighted by Gasteiger charge is 2.25. The number of rotatable bonds is 3. The second kappa shape index (κ2) is 4.56. The van der Waals surface area contributed by atoms with Crippen LogP contribution < -0.4 is 10.6 Å². The molecule has 0 radical (unpaired) electrons. The summed E-state index contributed by atoms with van der Waals surface area (Å²) < 4.78 is 0. The van der Waals surface area contributed by atoms with E-state index in [1.165, 1.54) is 5.56 Å². The van der Waals surface area contributed by atoms with Crippen LogP contribution in [-0.4, -0.2) is 18.5 Å². The quantitative estimate of drug-likeness (QED) is 0.812. The van der Waals surface area contributed by atoms with Gasteiger partial charge < -0.3 is 10.6 Å². The number of amides is 1. The minimum atomic E-state index is -0.101. The van der Waals surface area contributed by atoms with E-state index in [9.17, 15) is 4.79 Å². The van der Waals surface area contributed by atoms with Crippen molar-refractivity contribution in [3.05, 3.63) is 29.8 Å². The van der Waals surface area contributed by atoms with E-state index in [-0.39, 0.29) is 11.9 Å². The topological polar surface area (TPSA) is 41.1 Å². The Morgan fingerprint density at radius 2 is 2.25 bits per heavy atom. The normalized spacial score (nSPS) is 18.1. The summed E-state index contributed by atoms with van der Waals surface area (Å²) in [6.07, 6.45) is 0.792. The van der Waals surface area contributed by atoms with Crippen molar-refractivity contribution in [2.75, 3.05) is 11.9 Å². The van der Waals surface area contributed by atoms with Crippen molar-refractivity contribution < 1.29 is 4.79 Å². The van der Waals surface area contributed by atoms with Gasteiger partial charge in [-0.15, -0.1) is 0 Å². The van der Waals surface area contributed by atoms with E-state index in [0.717, 1.165) is 18.7 Å². The summed E-state index contributed by atoms with van der Waals surface area (Å²) in [4.78, 5) is 11.8. The van der Waals surface area contributed by atoms with E-state index in [4.69, 9.17) is 0 Å². The van der Waals surface area contributed by atoms with Crippen LogP contribution in [0.3, 0.4) is 0 Å². The van der Waals surface area contributed by atoms with Gasteiger partial charge in [0.2, 0.25) is 5.91 Å². The zero-order valence-electron chi connectivity index (χ0n) is 9.79. The molecule has 86 valence electrons. The van der Waals surface area contributed by atoms with Gasteiger partial charge in [0, 0.05) is 18.7 Å². The number of benzene rings is 1. The maximum Gasteiger partial charge on any atom is 0.242 e. The Morgan fingerprint density at radius 1 is 1.50 bits per heavy atom. The Bertz CT molecular complexity index is 362. The molecule has 1 atom stereocenters. The molecule has 16 heavy (non-hydrogen) atoms. The Labute approximate surface area is 96.2 Å². The predicted molar refractivity (Wildman–Crippen MR) is 65.4 cm³/mol. The SMILES string of the molecule is CC(C)CNC(=O)C1Cc2ccccc2N1. The highest BCUT2D eigenvalue weighted by molar-refractivity contribution is 5.87. The lowest BCUT2D eigenvalue weighted by Gasteiger charge is -2.13. The molecule has 0 saturated carbocycles. The molecule has 0 bridgehead atoms. The van der Waals surface area contributed by atoms with E-state index in [0.29, 0.717) is 5.92 Å². The fraction of sp³-hybridized carbons (Fsp3) is 0.462. The minimum absolute atomic E-state index is 0.101. The molecule has 0 aromatic heterocycles. The number of hydrogen-bond acceptors (Lipinski definition) is 2. The molecule has 1 aliphatic heterocycles. The van der Waals surface area contributed by atoms with E-state index in [2.05, 4.69) is 30.5 Å². The molecule has 1 aliphatic rings. The first kappa shape index (κ1) is 11.0. The number of para-hydroxylation sites is 1. The molecule has 3 heteroatoms. The van der Waals surface area contributed by atoms with E-state index >= 15 is 0 Å². The summed E-state index contributed by atoms with van der Waals surface area (Å²) in [5, 5.41) is 6.20. The Hall–Kier alpha value is -1.51. The lowest BCUT2D eigenvalue weighted by atomic mass is 10.1. The van der Waals surface area contributed by atoms with Gasteiger partial charge in [0.25, 0.3) is 0 Å². The van der Waals surface area contributed by atoms with Gasteiger partial charge >= 0.3 is 0 Å². The largest absolute Gasteiger partial charge is 0.373 e. The molecule has 3 nitrogen and oxygen atoms in total. The van der Waals surface area contributed by atoms with Crippen molar-refractivity contribution in [3.63, 3.8) is 0 Å². The maximum absolute atomic E-state index is 11.8. The van der Waals surface area contributed by atoms with Crippen LogP contribution >= 0.6 is 0 Å². The van der Waals surface area contributed by atoms with Crippen molar-refractivity contribution >= 4 is 11.6 Å². The fourth-order valence-corrected chi connectivity index (χ4v) is 1.88. The molecule has 1 aromatic rings. The number of fused-ring (bicyclic) bond motifs is 1. The van der Waals surface area contributed by atoms with Crippen molar-refractivity contribution in [2.45, 2.75) is 26.3 Å². The molecular formula is C13H18N2O. The molecule has 1 amide bonds. The Kier molecular flexibility index (Phi) is 3.13. The zero-order chi connectivity index (χ0) is 11.5. The molecular weight excluding hydrogens is 200 g/mol. The summed E-state index contributed by atoms with van der Waals surface area (Å²) in [5.41, 5.74) is 2.32. The van der Waals surface area contributed by atoms with Crippen LogP contribution in [0.15, 0.2) is 24.3 Å². The van der Waals surface area contributed by atoms with Crippen LogP contribution in [0.25, 0.3) is 0 Å². The monoisotopic (exact) mass is 218 g/mol. The van der Waals surface area contributed by atoms with E-state index < -0.39 is 0 Å². The highest BCUT2D eigenvalue weighted by Crippen LogP contribution is 2.24. The average molecular weight is 218 g/mol. The zero-order valence-corrected chi connectivity index (χ0v) is 9.79. The number of nitrogens with one attached hydrogen (secondary N) is 2. The van der Waals surface area contributed by atoms with Gasteiger partial charge in [-0.25, -0.2) is 0 Å². The van der Waals surface area contributed by atoms with Gasteiger partial charge in [0.1, 0.15) is 6.04 Å². The first-order valence-electron chi connectivity index (χ1n) is 5.79. The molecule has 0 fully saturated rings. The van der Waals surface area contributed by atoms with Crippen LogP contribution in [0.4, 0.5) is 5.69 Å². The highest BCUT2D eigenvalue weighted by atomic mass is 16.2. The smallest absolute Gasteiger partial charge is 0.242 e. The van der Waals surface area contributed by atoms with Crippen molar-refractivity contribution in [2.24, 2.45) is 5.92 Å². The first-order chi connectivity index (χ1) is 7.66. The van der Waals surface area contributed by atoms with Crippen LogP contribution in [0.5, 0.6) is 0 Å². The number of carbonyl (C=O) groups is 1. The number of carbonyl (C=O) groups excluding carboxylic acids is 1. The molecule has 1 unspecified atom stereocenters. The third-order valence-corrected chi connectivity index (χ3v) is 2.77. The molecule has 0 spiro atoms. The molecule has 1 heterocycles. The molecule has 2 rings (SSSR count). The second-order valence-electron chi connectivity index (χ2n) is 4.70. The summed E-state index contributed by atoms with van der Waals surface area (Å²) >= 11 is 0. The van der Waals surface area contributed by atoms with Crippen LogP contribution in [0.1, 0.15) is 19.4 Å². The van der Waals surface area contributed by atoms with Gasteiger partial charge in [0.15, 0.2) is 0 Å². The number of hydrogen-bond donors (Lipinski definition) is 2. The van der Waals surface area contributed by atoms with Crippen LogP contribution in [0.2, 0.25) is 0 Å². The molecule has 1 aromatic carbocycles. The van der Waals surface area contributed by atoms with Crippen LogP contribution in [0, 0.1) is 5.92 Å².